The van der Waals surface area contributed by atoms with E-state index in [0.29, 0.717) is 13.2 Å². The van der Waals surface area contributed by atoms with Gasteiger partial charge in [-0.25, -0.2) is 0 Å². The number of nitrogens with zero attached hydrogens (tertiary/aromatic N) is 1. The van der Waals surface area contributed by atoms with Gasteiger partial charge in [-0.3, -0.25) is 9.69 Å². The van der Waals surface area contributed by atoms with Crippen LogP contribution in [0.5, 0.6) is 0 Å². The number of benzene rings is 1. The molecule has 4 heteroatoms. The molecular formula is C17H26N2O2. The highest BCUT2D eigenvalue weighted by Crippen LogP contribution is 2.28. The number of carbonyl (C=O) groups excluding carboxylic acids is 1. The number of hydrogen-bond donors (Lipinski definition) is 1. The van der Waals surface area contributed by atoms with Gasteiger partial charge in [0.2, 0.25) is 0 Å². The molecule has 1 N–H and O–H groups in total. The van der Waals surface area contributed by atoms with Crippen molar-refractivity contribution in [3.63, 3.8) is 0 Å². The summed E-state index contributed by atoms with van der Waals surface area (Å²) in [6.45, 7) is 6.96. The van der Waals surface area contributed by atoms with Gasteiger partial charge >= 0.3 is 5.97 Å². The lowest BCUT2D eigenvalue weighted by Gasteiger charge is -2.40. The minimum atomic E-state index is -0.185. The van der Waals surface area contributed by atoms with Gasteiger partial charge in [0.1, 0.15) is 6.04 Å². The Labute approximate surface area is 127 Å². The van der Waals surface area contributed by atoms with E-state index >= 15 is 0 Å². The maximum Gasteiger partial charge on any atom is 0.324 e. The summed E-state index contributed by atoms with van der Waals surface area (Å²) in [4.78, 5) is 14.6. The molecule has 0 spiro atoms. The van der Waals surface area contributed by atoms with Crippen LogP contribution >= 0.6 is 0 Å². The summed E-state index contributed by atoms with van der Waals surface area (Å²) in [7, 11) is 0. The average molecular weight is 290 g/mol. The van der Waals surface area contributed by atoms with Gasteiger partial charge in [-0.1, -0.05) is 43.7 Å². The van der Waals surface area contributed by atoms with Crippen LogP contribution in [0.2, 0.25) is 0 Å². The Bertz CT molecular complexity index is 436. The lowest BCUT2D eigenvalue weighted by Crippen LogP contribution is -2.56. The van der Waals surface area contributed by atoms with Gasteiger partial charge in [-0.2, -0.15) is 0 Å². The Hall–Kier alpha value is -1.39. The monoisotopic (exact) mass is 290 g/mol. The first-order valence-electron chi connectivity index (χ1n) is 7.96. The first-order valence-corrected chi connectivity index (χ1v) is 7.96. The predicted octanol–water partition coefficient (Wildman–Crippen LogP) is 2.36. The minimum Gasteiger partial charge on any atom is -0.465 e. The van der Waals surface area contributed by atoms with Crippen LogP contribution in [0.1, 0.15) is 38.3 Å². The van der Waals surface area contributed by atoms with Crippen LogP contribution in [0.15, 0.2) is 30.3 Å². The van der Waals surface area contributed by atoms with Gasteiger partial charge in [0.15, 0.2) is 0 Å². The van der Waals surface area contributed by atoms with E-state index < -0.39 is 0 Å². The van der Waals surface area contributed by atoms with Crippen molar-refractivity contribution in [2.45, 2.75) is 38.8 Å². The summed E-state index contributed by atoms with van der Waals surface area (Å²) in [5, 5.41) is 3.31. The average Bonchev–Trinajstić information content (AvgIpc) is 2.54. The topological polar surface area (TPSA) is 41.6 Å². The molecular weight excluding hydrogens is 264 g/mol. The van der Waals surface area contributed by atoms with E-state index in [1.54, 1.807) is 0 Å². The molecule has 1 saturated heterocycles. The van der Waals surface area contributed by atoms with Crippen molar-refractivity contribution in [1.82, 2.24) is 10.2 Å². The molecule has 0 amide bonds. The quantitative estimate of drug-likeness (QED) is 0.817. The number of ether oxygens (including phenoxy) is 1. The third kappa shape index (κ3) is 4.05. The standard InChI is InChI=1S/C17H26N2O2/c1-3-8-15(14-9-6-5-7-10-14)19-12-11-18-13-16(19)17(20)21-4-2/h5-7,9-10,15-16,18H,3-4,8,11-13H2,1-2H3. The van der Waals surface area contributed by atoms with E-state index in [1.165, 1.54) is 5.56 Å². The van der Waals surface area contributed by atoms with Gasteiger partial charge in [0.25, 0.3) is 0 Å². The van der Waals surface area contributed by atoms with Crippen LogP contribution in [-0.2, 0) is 9.53 Å². The van der Waals surface area contributed by atoms with Crippen LogP contribution in [0, 0.1) is 0 Å². The number of nitrogens with one attached hydrogen (secondary N) is 1. The number of piperazine rings is 1. The second-order valence-electron chi connectivity index (χ2n) is 5.42. The highest BCUT2D eigenvalue weighted by Gasteiger charge is 2.34. The number of rotatable bonds is 6. The predicted molar refractivity (Wildman–Crippen MR) is 84.1 cm³/mol. The molecule has 2 unspecified atom stereocenters. The molecule has 0 saturated carbocycles. The van der Waals surface area contributed by atoms with Crippen molar-refractivity contribution in [2.24, 2.45) is 0 Å². The highest BCUT2D eigenvalue weighted by atomic mass is 16.5. The number of hydrogen-bond acceptors (Lipinski definition) is 4. The summed E-state index contributed by atoms with van der Waals surface area (Å²) in [5.74, 6) is -0.110. The van der Waals surface area contributed by atoms with Crippen molar-refractivity contribution in [1.29, 1.82) is 0 Å². The molecule has 116 valence electrons. The van der Waals surface area contributed by atoms with Crippen LogP contribution in [0.25, 0.3) is 0 Å². The van der Waals surface area contributed by atoms with Crippen molar-refractivity contribution < 1.29 is 9.53 Å². The third-order valence-electron chi connectivity index (χ3n) is 3.99. The van der Waals surface area contributed by atoms with Crippen LogP contribution in [0.3, 0.4) is 0 Å². The van der Waals surface area contributed by atoms with Crippen LogP contribution in [-0.4, -0.2) is 43.2 Å². The van der Waals surface area contributed by atoms with Gasteiger partial charge in [-0.05, 0) is 18.9 Å². The molecule has 0 aliphatic carbocycles. The van der Waals surface area contributed by atoms with Crippen molar-refractivity contribution in [3.8, 4) is 0 Å². The Balaban J connectivity index is 2.21. The van der Waals surface area contributed by atoms with E-state index in [1.807, 2.05) is 13.0 Å². The normalized spacial score (nSPS) is 21.0. The molecule has 1 aliphatic heterocycles. The van der Waals surface area contributed by atoms with Crippen LogP contribution < -0.4 is 5.32 Å². The Kier molecular flexibility index (Phi) is 6.21. The second-order valence-corrected chi connectivity index (χ2v) is 5.42. The smallest absolute Gasteiger partial charge is 0.324 e. The molecule has 1 aromatic carbocycles. The van der Waals surface area contributed by atoms with Gasteiger partial charge in [0.05, 0.1) is 6.61 Å². The van der Waals surface area contributed by atoms with E-state index in [2.05, 4.69) is 41.4 Å². The minimum absolute atomic E-state index is 0.110. The number of esters is 1. The molecule has 0 aromatic heterocycles. The third-order valence-corrected chi connectivity index (χ3v) is 3.99. The molecule has 2 atom stereocenters. The van der Waals surface area contributed by atoms with Crippen molar-refractivity contribution >= 4 is 5.97 Å². The Morgan fingerprint density at radius 3 is 2.81 bits per heavy atom. The zero-order valence-corrected chi connectivity index (χ0v) is 13.0. The lowest BCUT2D eigenvalue weighted by molar-refractivity contribution is -0.151. The molecule has 21 heavy (non-hydrogen) atoms. The molecule has 0 radical (unpaired) electrons. The fourth-order valence-corrected chi connectivity index (χ4v) is 3.02. The van der Waals surface area contributed by atoms with Gasteiger partial charge < -0.3 is 10.1 Å². The van der Waals surface area contributed by atoms with E-state index in [-0.39, 0.29) is 18.1 Å². The Morgan fingerprint density at radius 1 is 1.38 bits per heavy atom. The summed E-state index contributed by atoms with van der Waals surface area (Å²) < 4.78 is 5.26. The molecule has 1 aromatic rings. The van der Waals surface area contributed by atoms with Crippen LogP contribution in [0.4, 0.5) is 0 Å². The van der Waals surface area contributed by atoms with E-state index in [9.17, 15) is 4.79 Å². The fraction of sp³-hybridized carbons (Fsp3) is 0.588. The highest BCUT2D eigenvalue weighted by molar-refractivity contribution is 5.76. The first kappa shape index (κ1) is 16.0. The maximum absolute atomic E-state index is 12.2. The summed E-state index contributed by atoms with van der Waals surface area (Å²) >= 11 is 0. The fourth-order valence-electron chi connectivity index (χ4n) is 3.02. The van der Waals surface area contributed by atoms with E-state index in [4.69, 9.17) is 4.74 Å². The van der Waals surface area contributed by atoms with E-state index in [0.717, 1.165) is 25.9 Å². The van der Waals surface area contributed by atoms with Crippen molar-refractivity contribution in [3.05, 3.63) is 35.9 Å². The van der Waals surface area contributed by atoms with Crippen molar-refractivity contribution in [2.75, 3.05) is 26.2 Å². The molecule has 0 bridgehead atoms. The molecule has 1 fully saturated rings. The Morgan fingerprint density at radius 2 is 2.14 bits per heavy atom. The lowest BCUT2D eigenvalue weighted by atomic mass is 9.97. The molecule has 4 nitrogen and oxygen atoms in total. The zero-order chi connectivity index (χ0) is 15.1. The van der Waals surface area contributed by atoms with Gasteiger partial charge in [-0.15, -0.1) is 0 Å². The summed E-state index contributed by atoms with van der Waals surface area (Å²) in [5.41, 5.74) is 1.29. The summed E-state index contributed by atoms with van der Waals surface area (Å²) in [6.07, 6.45) is 2.15. The first-order chi connectivity index (χ1) is 10.3. The molecule has 2 rings (SSSR count). The molecule has 1 aliphatic rings. The maximum atomic E-state index is 12.2. The number of carbonyl (C=O) groups is 1. The van der Waals surface area contributed by atoms with Gasteiger partial charge in [0, 0.05) is 25.7 Å². The second kappa shape index (κ2) is 8.15. The SMILES string of the molecule is CCCC(c1ccccc1)N1CCNCC1C(=O)OCC. The summed E-state index contributed by atoms with van der Waals surface area (Å²) in [6, 6.07) is 10.6. The zero-order valence-electron chi connectivity index (χ0n) is 13.0. The molecule has 1 heterocycles. The largest absolute Gasteiger partial charge is 0.465 e.